The van der Waals surface area contributed by atoms with E-state index in [4.69, 9.17) is 0 Å². The molecule has 2 aromatic heterocycles. The van der Waals surface area contributed by atoms with E-state index in [2.05, 4.69) is 72.5 Å². The van der Waals surface area contributed by atoms with Crippen molar-refractivity contribution < 1.29 is 0 Å². The van der Waals surface area contributed by atoms with Crippen molar-refractivity contribution in [3.63, 3.8) is 0 Å². The van der Waals surface area contributed by atoms with Crippen LogP contribution in [-0.2, 0) is 12.8 Å². The molecule has 2 aromatic carbocycles. The van der Waals surface area contributed by atoms with Gasteiger partial charge in [-0.3, -0.25) is 0 Å². The van der Waals surface area contributed by atoms with E-state index in [-0.39, 0.29) is 0 Å². The minimum atomic E-state index is 1.05. The van der Waals surface area contributed by atoms with Gasteiger partial charge in [-0.1, -0.05) is 50.2 Å². The van der Waals surface area contributed by atoms with E-state index in [1.807, 2.05) is 0 Å². The molecule has 4 aromatic rings. The molecular weight excluding hydrogens is 268 g/mol. The number of aryl methyl sites for hydroxylation is 2. The summed E-state index contributed by atoms with van der Waals surface area (Å²) in [4.78, 5) is 7.09. The van der Waals surface area contributed by atoms with Gasteiger partial charge in [0.2, 0.25) is 0 Å². The van der Waals surface area contributed by atoms with Crippen molar-refractivity contribution in [1.82, 2.24) is 9.97 Å². The Labute approximate surface area is 130 Å². The molecule has 0 fully saturated rings. The molecule has 0 saturated carbocycles. The Balaban J connectivity index is 1.96. The Morgan fingerprint density at radius 2 is 1.59 bits per heavy atom. The van der Waals surface area contributed by atoms with Crippen LogP contribution in [0, 0.1) is 0 Å². The van der Waals surface area contributed by atoms with E-state index in [1.54, 1.807) is 0 Å². The fourth-order valence-corrected chi connectivity index (χ4v) is 3.39. The predicted molar refractivity (Wildman–Crippen MR) is 94.3 cm³/mol. The van der Waals surface area contributed by atoms with Crippen LogP contribution < -0.4 is 0 Å². The molecule has 2 heterocycles. The van der Waals surface area contributed by atoms with Gasteiger partial charge >= 0.3 is 0 Å². The smallest absolute Gasteiger partial charge is 0.0493 e. The first kappa shape index (κ1) is 13.2. The molecule has 0 aliphatic rings. The Morgan fingerprint density at radius 3 is 2.36 bits per heavy atom. The zero-order valence-electron chi connectivity index (χ0n) is 13.0. The first-order chi connectivity index (χ1) is 10.8. The Bertz CT molecular complexity index is 956. The molecule has 0 radical (unpaired) electrons. The van der Waals surface area contributed by atoms with Crippen molar-refractivity contribution in [3.8, 4) is 11.3 Å². The Hall–Kier alpha value is -2.48. The molecule has 4 rings (SSSR count). The summed E-state index contributed by atoms with van der Waals surface area (Å²) >= 11 is 0. The maximum absolute atomic E-state index is 3.63. The van der Waals surface area contributed by atoms with E-state index >= 15 is 0 Å². The van der Waals surface area contributed by atoms with Crippen LogP contribution in [0.25, 0.3) is 33.1 Å². The van der Waals surface area contributed by atoms with Crippen molar-refractivity contribution in [3.05, 3.63) is 59.8 Å². The van der Waals surface area contributed by atoms with E-state index < -0.39 is 0 Å². The number of aromatic amines is 2. The highest BCUT2D eigenvalue weighted by Crippen LogP contribution is 2.32. The molecule has 2 nitrogen and oxygen atoms in total. The number of aromatic nitrogens is 2. The van der Waals surface area contributed by atoms with Crippen LogP contribution in [0.1, 0.15) is 25.0 Å². The van der Waals surface area contributed by atoms with Gasteiger partial charge in [-0.05, 0) is 30.0 Å². The second-order valence-electron chi connectivity index (χ2n) is 5.81. The van der Waals surface area contributed by atoms with Gasteiger partial charge in [0.1, 0.15) is 0 Å². The van der Waals surface area contributed by atoms with Crippen LogP contribution >= 0.6 is 0 Å². The molecule has 0 amide bonds. The van der Waals surface area contributed by atoms with Crippen LogP contribution in [0.4, 0.5) is 0 Å². The number of hydrogen-bond acceptors (Lipinski definition) is 0. The monoisotopic (exact) mass is 288 g/mol. The lowest BCUT2D eigenvalue weighted by Crippen LogP contribution is -1.83. The molecule has 0 atom stereocenters. The first-order valence-corrected chi connectivity index (χ1v) is 8.01. The summed E-state index contributed by atoms with van der Waals surface area (Å²) < 4.78 is 0. The lowest BCUT2D eigenvalue weighted by molar-refractivity contribution is 1.15. The van der Waals surface area contributed by atoms with Gasteiger partial charge in [0.05, 0.1) is 0 Å². The predicted octanol–water partition coefficient (Wildman–Crippen LogP) is 5.44. The van der Waals surface area contributed by atoms with Crippen LogP contribution in [0.3, 0.4) is 0 Å². The van der Waals surface area contributed by atoms with Gasteiger partial charge in [-0.2, -0.15) is 0 Å². The molecule has 0 saturated heterocycles. The maximum atomic E-state index is 3.63. The van der Waals surface area contributed by atoms with Crippen molar-refractivity contribution >= 4 is 21.8 Å². The maximum Gasteiger partial charge on any atom is 0.0493 e. The molecule has 2 heteroatoms. The quantitative estimate of drug-likeness (QED) is 0.503. The average Bonchev–Trinajstić information content (AvgIpc) is 3.17. The van der Waals surface area contributed by atoms with Gasteiger partial charge in [-0.25, -0.2) is 0 Å². The van der Waals surface area contributed by atoms with Gasteiger partial charge in [0.25, 0.3) is 0 Å². The van der Waals surface area contributed by atoms with E-state index in [0.717, 1.165) is 12.8 Å². The van der Waals surface area contributed by atoms with Crippen molar-refractivity contribution in [2.24, 2.45) is 0 Å². The second kappa shape index (κ2) is 5.06. The number of hydrogen-bond donors (Lipinski definition) is 2. The summed E-state index contributed by atoms with van der Waals surface area (Å²) in [6, 6.07) is 15.3. The largest absolute Gasteiger partial charge is 0.360 e. The van der Waals surface area contributed by atoms with Crippen LogP contribution in [0.2, 0.25) is 0 Å². The summed E-state index contributed by atoms with van der Waals surface area (Å²) in [6.45, 7) is 4.40. The number of nitrogens with one attached hydrogen (secondary N) is 2. The standard InChI is InChI=1S/C20H20N2/c1-3-13-7-5-9-15-11-18(22-19(13)15)17-12-21-20-14(4-2)8-6-10-16(17)20/h5-12,21-22H,3-4H2,1-2H3. The molecular formula is C20H20N2. The number of para-hydroxylation sites is 2. The third kappa shape index (κ3) is 1.87. The molecule has 0 unspecified atom stereocenters. The normalized spacial score (nSPS) is 11.5. The molecule has 0 aliphatic heterocycles. The zero-order valence-corrected chi connectivity index (χ0v) is 13.0. The van der Waals surface area contributed by atoms with Crippen molar-refractivity contribution in [2.75, 3.05) is 0 Å². The van der Waals surface area contributed by atoms with Gasteiger partial charge < -0.3 is 9.97 Å². The molecule has 0 spiro atoms. The number of rotatable bonds is 3. The molecule has 2 N–H and O–H groups in total. The zero-order chi connectivity index (χ0) is 15.1. The van der Waals surface area contributed by atoms with Crippen LogP contribution in [-0.4, -0.2) is 9.97 Å². The number of fused-ring (bicyclic) bond motifs is 2. The van der Waals surface area contributed by atoms with Gasteiger partial charge in [0, 0.05) is 39.3 Å². The average molecular weight is 288 g/mol. The minimum absolute atomic E-state index is 1.05. The topological polar surface area (TPSA) is 31.6 Å². The minimum Gasteiger partial charge on any atom is -0.360 e. The highest BCUT2D eigenvalue weighted by atomic mass is 14.7. The van der Waals surface area contributed by atoms with E-state index in [0.29, 0.717) is 0 Å². The van der Waals surface area contributed by atoms with Crippen LogP contribution in [0.15, 0.2) is 48.7 Å². The molecule has 0 bridgehead atoms. The Morgan fingerprint density at radius 1 is 0.864 bits per heavy atom. The Kier molecular flexibility index (Phi) is 3.04. The summed E-state index contributed by atoms with van der Waals surface area (Å²) in [6.07, 6.45) is 4.22. The first-order valence-electron chi connectivity index (χ1n) is 8.01. The van der Waals surface area contributed by atoms with Crippen molar-refractivity contribution in [1.29, 1.82) is 0 Å². The summed E-state index contributed by atoms with van der Waals surface area (Å²) in [7, 11) is 0. The number of H-pyrrole nitrogens is 2. The second-order valence-corrected chi connectivity index (χ2v) is 5.81. The highest BCUT2D eigenvalue weighted by Gasteiger charge is 2.11. The fraction of sp³-hybridized carbons (Fsp3) is 0.200. The van der Waals surface area contributed by atoms with Crippen molar-refractivity contribution in [2.45, 2.75) is 26.7 Å². The lowest BCUT2D eigenvalue weighted by atomic mass is 10.1. The molecule has 22 heavy (non-hydrogen) atoms. The number of benzene rings is 2. The molecule has 110 valence electrons. The van der Waals surface area contributed by atoms with Gasteiger partial charge in [0.15, 0.2) is 0 Å². The lowest BCUT2D eigenvalue weighted by Gasteiger charge is -2.00. The SMILES string of the molecule is CCc1cccc2cc(-c3c[nH]c4c(CC)cccc34)[nH]c12. The summed E-state index contributed by atoms with van der Waals surface area (Å²) in [5.74, 6) is 0. The van der Waals surface area contributed by atoms with Gasteiger partial charge in [-0.15, -0.1) is 0 Å². The third-order valence-corrected chi connectivity index (χ3v) is 4.60. The van der Waals surface area contributed by atoms with E-state index in [1.165, 1.54) is 44.2 Å². The summed E-state index contributed by atoms with van der Waals surface area (Å²) in [5.41, 5.74) is 7.71. The van der Waals surface area contributed by atoms with E-state index in [9.17, 15) is 0 Å². The third-order valence-electron chi connectivity index (χ3n) is 4.60. The van der Waals surface area contributed by atoms with Crippen LogP contribution in [0.5, 0.6) is 0 Å². The summed E-state index contributed by atoms with van der Waals surface area (Å²) in [5, 5.41) is 2.58. The fourth-order valence-electron chi connectivity index (χ4n) is 3.39. The molecule has 0 aliphatic carbocycles. The highest BCUT2D eigenvalue weighted by molar-refractivity contribution is 5.99.